The van der Waals surface area contributed by atoms with E-state index in [2.05, 4.69) is 17.6 Å². The van der Waals surface area contributed by atoms with Gasteiger partial charge < -0.3 is 0 Å². The maximum absolute atomic E-state index is 6.62. The molecule has 1 fully saturated rings. The van der Waals surface area contributed by atoms with Crippen LogP contribution in [0.1, 0.15) is 37.7 Å². The number of hydrogen-bond acceptors (Lipinski definition) is 2. The molecule has 1 aromatic carbocycles. The Kier molecular flexibility index (Phi) is 6.69. The van der Waals surface area contributed by atoms with Crippen LogP contribution in [-0.2, 0) is 0 Å². The second kappa shape index (κ2) is 8.49. The van der Waals surface area contributed by atoms with Crippen molar-refractivity contribution in [2.45, 2.75) is 38.1 Å². The Morgan fingerprint density at radius 3 is 2.29 bits per heavy atom. The van der Waals surface area contributed by atoms with Gasteiger partial charge >= 0.3 is 0 Å². The number of rotatable bonds is 2. The molecular formula is C15H20N2. The molecule has 90 valence electrons. The van der Waals surface area contributed by atoms with Crippen molar-refractivity contribution < 1.29 is 0 Å². The van der Waals surface area contributed by atoms with Crippen LogP contribution in [0.2, 0.25) is 0 Å². The molecule has 1 saturated carbocycles. The van der Waals surface area contributed by atoms with E-state index in [-0.39, 0.29) is 0 Å². The number of hydrogen-bond donors (Lipinski definition) is 1. The van der Waals surface area contributed by atoms with Gasteiger partial charge in [-0.05, 0) is 18.4 Å². The van der Waals surface area contributed by atoms with Crippen LogP contribution in [0.3, 0.4) is 0 Å². The van der Waals surface area contributed by atoms with Gasteiger partial charge in [0.25, 0.3) is 0 Å². The molecule has 0 bridgehead atoms. The lowest BCUT2D eigenvalue weighted by Crippen LogP contribution is -2.08. The van der Waals surface area contributed by atoms with Gasteiger partial charge in [0.1, 0.15) is 0 Å². The monoisotopic (exact) mass is 228 g/mol. The van der Waals surface area contributed by atoms with E-state index in [1.807, 2.05) is 36.4 Å². The Morgan fingerprint density at radius 1 is 1.18 bits per heavy atom. The molecule has 1 N–H and O–H groups in total. The number of nitrogens with one attached hydrogen (secondary N) is 1. The summed E-state index contributed by atoms with van der Waals surface area (Å²) in [5.41, 5.74) is 1.17. The van der Waals surface area contributed by atoms with Gasteiger partial charge in [0, 0.05) is 0 Å². The first-order valence-corrected chi connectivity index (χ1v) is 6.16. The van der Waals surface area contributed by atoms with Gasteiger partial charge in [-0.2, -0.15) is 0 Å². The van der Waals surface area contributed by atoms with Gasteiger partial charge in [-0.3, -0.25) is 0 Å². The molecule has 0 radical (unpaired) electrons. The van der Waals surface area contributed by atoms with Crippen molar-refractivity contribution in [3.63, 3.8) is 0 Å². The van der Waals surface area contributed by atoms with E-state index in [4.69, 9.17) is 5.41 Å². The Balaban J connectivity index is 0.000000171. The summed E-state index contributed by atoms with van der Waals surface area (Å²) in [5, 5.41) is 6.62. The molecule has 2 nitrogen and oxygen atoms in total. The highest BCUT2D eigenvalue weighted by atomic mass is 14.8. The summed E-state index contributed by atoms with van der Waals surface area (Å²) >= 11 is 0. The molecule has 0 amide bonds. The summed E-state index contributed by atoms with van der Waals surface area (Å²) in [6, 6.07) is 12.6. The van der Waals surface area contributed by atoms with Crippen LogP contribution >= 0.6 is 0 Å². The highest BCUT2D eigenvalue weighted by Gasteiger charge is 2.10. The van der Waals surface area contributed by atoms with Crippen molar-refractivity contribution in [3.8, 4) is 0 Å². The molecule has 0 atom stereocenters. The van der Waals surface area contributed by atoms with Crippen LogP contribution in [0.4, 0.5) is 0 Å². The maximum atomic E-state index is 6.62. The van der Waals surface area contributed by atoms with Crippen molar-refractivity contribution in [2.24, 2.45) is 4.99 Å². The first-order valence-electron chi connectivity index (χ1n) is 6.16. The van der Waals surface area contributed by atoms with E-state index in [1.165, 1.54) is 37.7 Å². The topological polar surface area (TPSA) is 36.2 Å². The molecule has 0 heterocycles. The molecule has 0 aromatic heterocycles. The zero-order valence-electron chi connectivity index (χ0n) is 10.2. The lowest BCUT2D eigenvalue weighted by atomic mass is 9.96. The Morgan fingerprint density at radius 2 is 1.82 bits per heavy atom. The SMILES string of the molecule is C=Cc1ccccc1.N=C=NC1CCCCC1. The predicted octanol–water partition coefficient (Wildman–Crippen LogP) is 4.40. The lowest BCUT2D eigenvalue weighted by Gasteiger charge is -2.15. The number of aliphatic imine (C=N–C) groups is 1. The molecule has 2 rings (SSSR count). The van der Waals surface area contributed by atoms with Crippen LogP contribution in [0.15, 0.2) is 41.9 Å². The molecule has 0 unspecified atom stereocenters. The molecular weight excluding hydrogens is 208 g/mol. The Bertz CT molecular complexity index is 358. The van der Waals surface area contributed by atoms with Crippen LogP contribution in [0.5, 0.6) is 0 Å². The number of benzene rings is 1. The Labute approximate surface area is 104 Å². The molecule has 1 aliphatic carbocycles. The zero-order valence-corrected chi connectivity index (χ0v) is 10.2. The average molecular weight is 228 g/mol. The van der Waals surface area contributed by atoms with E-state index in [1.54, 1.807) is 0 Å². The fourth-order valence-electron chi connectivity index (χ4n) is 1.89. The summed E-state index contributed by atoms with van der Waals surface area (Å²) in [4.78, 5) is 3.90. The molecule has 0 saturated heterocycles. The average Bonchev–Trinajstić information content (AvgIpc) is 2.42. The highest BCUT2D eigenvalue weighted by Crippen LogP contribution is 2.19. The van der Waals surface area contributed by atoms with Crippen molar-refractivity contribution >= 4 is 12.1 Å². The minimum absolute atomic E-state index is 0.427. The minimum Gasteiger partial charge on any atom is -0.242 e. The van der Waals surface area contributed by atoms with E-state index in [0.717, 1.165) is 0 Å². The Hall–Kier alpha value is -1.66. The largest absolute Gasteiger partial charge is 0.242 e. The molecule has 1 aliphatic rings. The fraction of sp³-hybridized carbons (Fsp3) is 0.400. The summed E-state index contributed by atoms with van der Waals surface area (Å²) in [6.45, 7) is 3.63. The van der Waals surface area contributed by atoms with Crippen molar-refractivity contribution in [2.75, 3.05) is 0 Å². The molecule has 17 heavy (non-hydrogen) atoms. The third kappa shape index (κ3) is 5.84. The third-order valence-electron chi connectivity index (χ3n) is 2.86. The minimum atomic E-state index is 0.427. The van der Waals surface area contributed by atoms with Crippen molar-refractivity contribution in [1.29, 1.82) is 5.41 Å². The fourth-order valence-corrected chi connectivity index (χ4v) is 1.89. The molecule has 0 spiro atoms. The van der Waals surface area contributed by atoms with Crippen molar-refractivity contribution in [1.82, 2.24) is 0 Å². The predicted molar refractivity (Wildman–Crippen MR) is 73.6 cm³/mol. The normalized spacial score (nSPS) is 15.1. The van der Waals surface area contributed by atoms with Crippen LogP contribution in [0, 0.1) is 5.41 Å². The third-order valence-corrected chi connectivity index (χ3v) is 2.86. The molecule has 0 aliphatic heterocycles. The van der Waals surface area contributed by atoms with Gasteiger partial charge in [0.05, 0.1) is 12.1 Å². The van der Waals surface area contributed by atoms with E-state index >= 15 is 0 Å². The first kappa shape index (κ1) is 13.4. The summed E-state index contributed by atoms with van der Waals surface area (Å²) < 4.78 is 0. The summed E-state index contributed by atoms with van der Waals surface area (Å²) in [6.07, 6.45) is 8.10. The van der Waals surface area contributed by atoms with Crippen LogP contribution < -0.4 is 0 Å². The smallest absolute Gasteiger partial charge is 0.0864 e. The van der Waals surface area contributed by atoms with Gasteiger partial charge in [0.15, 0.2) is 0 Å². The quantitative estimate of drug-likeness (QED) is 0.728. The van der Waals surface area contributed by atoms with Crippen molar-refractivity contribution in [3.05, 3.63) is 42.5 Å². The zero-order chi connectivity index (χ0) is 12.3. The lowest BCUT2D eigenvalue weighted by molar-refractivity contribution is 0.444. The molecule has 2 heteroatoms. The van der Waals surface area contributed by atoms with Gasteiger partial charge in [-0.25, -0.2) is 10.4 Å². The second-order valence-corrected chi connectivity index (χ2v) is 4.15. The van der Waals surface area contributed by atoms with Crippen LogP contribution in [-0.4, -0.2) is 12.1 Å². The van der Waals surface area contributed by atoms with E-state index in [0.29, 0.717) is 6.04 Å². The first-order chi connectivity index (χ1) is 8.36. The second-order valence-electron chi connectivity index (χ2n) is 4.15. The maximum Gasteiger partial charge on any atom is 0.0864 e. The van der Waals surface area contributed by atoms with E-state index in [9.17, 15) is 0 Å². The highest BCUT2D eigenvalue weighted by molar-refractivity contribution is 5.45. The number of nitrogens with zero attached hydrogens (tertiary/aromatic N) is 1. The van der Waals surface area contributed by atoms with Gasteiger partial charge in [0.2, 0.25) is 0 Å². The van der Waals surface area contributed by atoms with E-state index < -0.39 is 0 Å². The van der Waals surface area contributed by atoms with Gasteiger partial charge in [-0.1, -0.05) is 62.2 Å². The van der Waals surface area contributed by atoms with Gasteiger partial charge in [-0.15, -0.1) is 0 Å². The molecule has 1 aromatic rings. The summed E-state index contributed by atoms with van der Waals surface area (Å²) in [7, 11) is 0. The summed E-state index contributed by atoms with van der Waals surface area (Å²) in [5.74, 6) is 0. The van der Waals surface area contributed by atoms with Crippen LogP contribution in [0.25, 0.3) is 6.08 Å². The standard InChI is InChI=1S/C8H8.C7H12N2/c1-2-8-6-4-3-5-7-8;8-6-9-7-4-2-1-3-5-7/h2-7H,1H2;7-8H,1-5H2.